The number of carboxylic acids is 1. The Labute approximate surface area is 491 Å². The minimum absolute atomic E-state index is 0. The Morgan fingerprint density at radius 2 is 0.816 bits per heavy atom. The van der Waals surface area contributed by atoms with Crippen molar-refractivity contribution in [2.24, 2.45) is 35.5 Å². The van der Waals surface area contributed by atoms with E-state index >= 15 is 0 Å². The van der Waals surface area contributed by atoms with Crippen LogP contribution in [0.5, 0.6) is 0 Å². The molecule has 4 aliphatic rings. The summed E-state index contributed by atoms with van der Waals surface area (Å²) in [5, 5.41) is 23.5. The molecule has 76 heavy (non-hydrogen) atoms. The van der Waals surface area contributed by atoms with Gasteiger partial charge in [-0.1, -0.05) is 285 Å². The Kier molecular flexibility index (Phi) is 32.8. The number of carbonyl (C=O) groups is 1. The summed E-state index contributed by atoms with van der Waals surface area (Å²) in [6.45, 7) is 24.4. The predicted molar refractivity (Wildman–Crippen MR) is 332 cm³/mol. The van der Waals surface area contributed by atoms with Gasteiger partial charge >= 0.3 is 5.97 Å². The fourth-order valence-corrected chi connectivity index (χ4v) is 27.2. The molecule has 0 bridgehead atoms. The van der Waals surface area contributed by atoms with E-state index in [9.17, 15) is 4.79 Å². The molecule has 4 nitrogen and oxygen atoms in total. The second kappa shape index (κ2) is 36.1. The van der Waals surface area contributed by atoms with Crippen molar-refractivity contribution in [1.82, 2.24) is 0 Å². The van der Waals surface area contributed by atoms with Crippen molar-refractivity contribution >= 4 is 59.2 Å². The maximum absolute atomic E-state index is 10.9. The number of hydrogen-bond donors (Lipinski definition) is 2. The molecule has 0 amide bonds. The summed E-state index contributed by atoms with van der Waals surface area (Å²) in [7, 11) is -2.48. The summed E-state index contributed by atoms with van der Waals surface area (Å²) in [6, 6.07) is 47.7. The van der Waals surface area contributed by atoms with Gasteiger partial charge in [0.15, 0.2) is 0 Å². The standard InChI is InChI=1S/2C20H25P.C13H26O4Si.C13H28Si.2Fe/c2*1-16(2)19-14-9-15-20(19)21(17-10-5-3-6-11-17)18-12-7-4-8-13-18;1-18(2,12-7-3-4-8-12)9-5-6-11(10-17-16)13(14)15;1-12(2)8-7-11-14(3,4)13-9-5-6-10-13;;/h2*3-8,10-13,16,19-20H,9,14-15H2,1-2H3;11-12,16H,3-10H2,1-2H3,(H,14,15);12-13H,5-11H2,1-4H3;;. The summed E-state index contributed by atoms with van der Waals surface area (Å²) in [6.07, 6.45) is 24.6. The van der Waals surface area contributed by atoms with Crippen LogP contribution in [-0.2, 0) is 43.8 Å². The summed E-state index contributed by atoms with van der Waals surface area (Å²) in [5.41, 5.74) is 3.79. The van der Waals surface area contributed by atoms with Gasteiger partial charge in [-0.05, 0) is 121 Å². The molecule has 2 N–H and O–H groups in total. The smallest absolute Gasteiger partial charge is 0.308 e. The van der Waals surface area contributed by atoms with Crippen LogP contribution in [0.25, 0.3) is 0 Å². The Hall–Kier alpha value is -1.40. The fraction of sp³-hybridized carbons (Fsp3) is 0.621. The first-order valence-corrected chi connectivity index (χ1v) is 39.2. The van der Waals surface area contributed by atoms with E-state index in [0.29, 0.717) is 6.42 Å². The summed E-state index contributed by atoms with van der Waals surface area (Å²) in [5.74, 6) is 2.84. The average molecular weight is 1190 g/mol. The number of carboxylic acid groups (broad SMARTS) is 1. The van der Waals surface area contributed by atoms with Gasteiger partial charge in [0.1, 0.15) is 0 Å². The van der Waals surface area contributed by atoms with Gasteiger partial charge in [-0.3, -0.25) is 10.1 Å². The summed E-state index contributed by atoms with van der Waals surface area (Å²) >= 11 is 0. The maximum atomic E-state index is 10.9. The monoisotopic (exact) mass is 1190 g/mol. The first-order chi connectivity index (χ1) is 35.5. The average Bonchev–Trinajstić information content (AvgIpc) is 4.26. The van der Waals surface area contributed by atoms with Crippen LogP contribution in [-0.4, -0.2) is 50.4 Å². The van der Waals surface area contributed by atoms with Crippen LogP contribution in [0, 0.1) is 35.5 Å². The molecular weight excluding hydrogens is 1090 g/mol. The molecule has 10 heteroatoms. The van der Waals surface area contributed by atoms with Gasteiger partial charge in [0.2, 0.25) is 0 Å². The van der Waals surface area contributed by atoms with Gasteiger partial charge in [0.05, 0.1) is 28.7 Å². The van der Waals surface area contributed by atoms with Gasteiger partial charge in [-0.15, -0.1) is 0 Å². The van der Waals surface area contributed by atoms with Crippen LogP contribution in [0.3, 0.4) is 0 Å². The third-order valence-corrected chi connectivity index (χ3v) is 33.0. The van der Waals surface area contributed by atoms with Crippen LogP contribution in [0.2, 0.25) is 49.4 Å². The number of aliphatic carboxylic acids is 1. The van der Waals surface area contributed by atoms with E-state index in [0.717, 1.165) is 58.4 Å². The Morgan fingerprint density at radius 3 is 1.09 bits per heavy atom. The molecule has 5 unspecified atom stereocenters. The van der Waals surface area contributed by atoms with Gasteiger partial charge in [-0.2, -0.15) is 0 Å². The summed E-state index contributed by atoms with van der Waals surface area (Å²) in [4.78, 5) is 14.9. The normalized spacial score (nSPS) is 20.3. The van der Waals surface area contributed by atoms with E-state index in [1.165, 1.54) is 95.9 Å². The van der Waals surface area contributed by atoms with E-state index in [4.69, 9.17) is 10.4 Å². The van der Waals surface area contributed by atoms with Crippen LogP contribution in [0.15, 0.2) is 121 Å². The SMILES string of the molecule is CC(C)C1CCCC1P(c1ccccc1)c1ccccc1.CC(C)C1CCCC1P(c1ccccc1)c1ccccc1.CC(C)CCC[Si](C)(C)C1CCCC1.C[Si](C)(CCCC(COO)C(=O)O)C1CCCC1.[Fe].[Fe]. The fourth-order valence-electron chi connectivity index (χ4n) is 13.5. The molecule has 0 saturated heterocycles. The van der Waals surface area contributed by atoms with Crippen molar-refractivity contribution in [2.75, 3.05) is 6.61 Å². The van der Waals surface area contributed by atoms with E-state index in [-0.39, 0.29) is 56.6 Å². The van der Waals surface area contributed by atoms with Crippen molar-refractivity contribution in [3.8, 4) is 0 Å². The number of hydrogen-bond acceptors (Lipinski definition) is 3. The van der Waals surface area contributed by atoms with Crippen molar-refractivity contribution in [3.05, 3.63) is 121 Å². The zero-order valence-corrected chi connectivity index (χ0v) is 55.0. The first-order valence-electron chi connectivity index (χ1n) is 29.8. The van der Waals surface area contributed by atoms with Crippen molar-refractivity contribution in [3.63, 3.8) is 0 Å². The van der Waals surface area contributed by atoms with Crippen LogP contribution in [0.1, 0.15) is 157 Å². The second-order valence-electron chi connectivity index (χ2n) is 25.3. The van der Waals surface area contributed by atoms with Crippen molar-refractivity contribution in [2.45, 2.75) is 218 Å². The zero-order chi connectivity index (χ0) is 53.5. The van der Waals surface area contributed by atoms with Crippen molar-refractivity contribution in [1.29, 1.82) is 0 Å². The molecule has 0 radical (unpaired) electrons. The van der Waals surface area contributed by atoms with Gasteiger partial charge < -0.3 is 5.11 Å². The molecule has 4 aliphatic carbocycles. The van der Waals surface area contributed by atoms with Gasteiger partial charge in [0, 0.05) is 34.1 Å². The quantitative estimate of drug-likeness (QED) is 0.0378. The minimum atomic E-state index is -1.19. The number of rotatable bonds is 21. The Morgan fingerprint density at radius 1 is 0.500 bits per heavy atom. The van der Waals surface area contributed by atoms with Gasteiger partial charge in [-0.25, -0.2) is 4.89 Å². The molecule has 426 valence electrons. The first kappa shape index (κ1) is 68.9. The minimum Gasteiger partial charge on any atom is -0.481 e. The molecule has 8 rings (SSSR count). The molecule has 0 heterocycles. The maximum Gasteiger partial charge on any atom is 0.308 e. The van der Waals surface area contributed by atoms with Crippen molar-refractivity contribution < 1.29 is 54.2 Å². The van der Waals surface area contributed by atoms with Crippen LogP contribution in [0.4, 0.5) is 0 Å². The molecule has 0 aliphatic heterocycles. The van der Waals surface area contributed by atoms with E-state index in [1.807, 2.05) is 0 Å². The molecule has 4 aromatic carbocycles. The zero-order valence-electron chi connectivity index (χ0n) is 49.0. The molecule has 5 atom stereocenters. The Bertz CT molecular complexity index is 1920. The van der Waals surface area contributed by atoms with E-state index in [1.54, 1.807) is 40.1 Å². The van der Waals surface area contributed by atoms with E-state index in [2.05, 4.69) is 194 Å². The molecule has 0 spiro atoms. The Balaban J connectivity index is 0.000000268. The summed E-state index contributed by atoms with van der Waals surface area (Å²) < 4.78 is 0. The molecule has 4 saturated carbocycles. The predicted octanol–water partition coefficient (Wildman–Crippen LogP) is 18.6. The molecule has 4 aromatic rings. The molecule has 4 fully saturated rings. The molecular formula is C66H104Fe2O4P2Si2. The van der Waals surface area contributed by atoms with Crippen LogP contribution >= 0.6 is 15.8 Å². The third-order valence-electron chi connectivity index (χ3n) is 18.1. The topological polar surface area (TPSA) is 66.8 Å². The third kappa shape index (κ3) is 22.2. The molecule has 0 aromatic heterocycles. The second-order valence-corrected chi connectivity index (χ2v) is 40.8. The number of benzene rings is 4. The van der Waals surface area contributed by atoms with E-state index < -0.39 is 28.0 Å². The van der Waals surface area contributed by atoms with Crippen LogP contribution < -0.4 is 21.2 Å². The largest absolute Gasteiger partial charge is 0.481 e. The van der Waals surface area contributed by atoms with Gasteiger partial charge in [0.25, 0.3) is 0 Å².